The van der Waals surface area contributed by atoms with Gasteiger partial charge in [-0.1, -0.05) is 24.3 Å². The summed E-state index contributed by atoms with van der Waals surface area (Å²) in [7, 11) is 0. The van der Waals surface area contributed by atoms with Gasteiger partial charge in [0.2, 0.25) is 11.8 Å². The number of halogens is 1. The number of amides is 2. The van der Waals surface area contributed by atoms with Crippen LogP contribution in [-0.4, -0.2) is 16.8 Å². The van der Waals surface area contributed by atoms with Gasteiger partial charge in [0.25, 0.3) is 0 Å². The van der Waals surface area contributed by atoms with E-state index in [2.05, 4.69) is 15.6 Å². The Labute approximate surface area is 243 Å². The normalized spacial score (nSPS) is 13.4. The van der Waals surface area contributed by atoms with Crippen molar-refractivity contribution in [2.45, 2.75) is 12.8 Å². The molecule has 1 aliphatic rings. The zero-order valence-corrected chi connectivity index (χ0v) is 22.0. The fourth-order valence-corrected chi connectivity index (χ4v) is 3.68. The maximum Gasteiger partial charge on any atom is 1.00 e. The maximum absolute atomic E-state index is 14.8. The van der Waals surface area contributed by atoms with Crippen molar-refractivity contribution < 1.29 is 75.2 Å². The average Bonchev–Trinajstić information content (AvgIpc) is 3.64. The molecule has 9 heteroatoms. The summed E-state index contributed by atoms with van der Waals surface area (Å²) in [5, 5.41) is 17.5. The molecular weight excluding hydrogens is 476 g/mol. The molecule has 35 heavy (non-hydrogen) atoms. The van der Waals surface area contributed by atoms with Crippen LogP contribution in [0, 0.1) is 11.2 Å². The summed E-state index contributed by atoms with van der Waals surface area (Å²) in [6.07, 6.45) is 2.31. The fraction of sp³-hybridized carbons (Fsp3) is 0.115. The number of aromatic nitrogens is 1. The van der Waals surface area contributed by atoms with E-state index in [-0.39, 0.29) is 74.5 Å². The van der Waals surface area contributed by atoms with Gasteiger partial charge in [0.15, 0.2) is 11.6 Å². The first kappa shape index (κ1) is 25.3. The zero-order valence-electron chi connectivity index (χ0n) is 18.9. The van der Waals surface area contributed by atoms with Crippen LogP contribution in [0.4, 0.5) is 15.8 Å². The van der Waals surface area contributed by atoms with Gasteiger partial charge < -0.3 is 20.5 Å². The van der Waals surface area contributed by atoms with Crippen molar-refractivity contribution in [3.05, 3.63) is 84.8 Å². The van der Waals surface area contributed by atoms with Crippen molar-refractivity contribution in [2.75, 3.05) is 10.6 Å². The molecule has 7 nitrogen and oxygen atoms in total. The average molecular weight is 496 g/mol. The number of carbonyl (C=O) groups is 2. The first-order valence-corrected chi connectivity index (χ1v) is 10.7. The molecule has 0 spiro atoms. The van der Waals surface area contributed by atoms with Crippen LogP contribution in [0.5, 0.6) is 17.2 Å². The third-order valence-corrected chi connectivity index (χ3v) is 5.73. The number of fused-ring (bicyclic) bond motifs is 1. The Balaban J connectivity index is 0.00000289. The molecule has 2 N–H and O–H groups in total. The van der Waals surface area contributed by atoms with E-state index in [9.17, 15) is 19.1 Å². The number of benzene rings is 3. The predicted molar refractivity (Wildman–Crippen MR) is 123 cm³/mol. The molecule has 1 fully saturated rings. The van der Waals surface area contributed by atoms with Crippen molar-refractivity contribution in [3.63, 3.8) is 0 Å². The topological polar surface area (TPSA) is 103 Å². The largest absolute Gasteiger partial charge is 1.00 e. The quantitative estimate of drug-likeness (QED) is 0.313. The van der Waals surface area contributed by atoms with Crippen LogP contribution in [0.25, 0.3) is 10.9 Å². The molecule has 1 heterocycles. The number of rotatable bonds is 6. The van der Waals surface area contributed by atoms with Crippen LogP contribution < -0.4 is 71.9 Å². The Hall–Kier alpha value is -2.82. The molecule has 170 valence electrons. The van der Waals surface area contributed by atoms with E-state index < -0.39 is 17.1 Å². The van der Waals surface area contributed by atoms with Gasteiger partial charge >= 0.3 is 51.4 Å². The molecule has 0 unspecified atom stereocenters. The van der Waals surface area contributed by atoms with Crippen molar-refractivity contribution >= 4 is 34.1 Å². The van der Waals surface area contributed by atoms with Gasteiger partial charge in [-0.05, 0) is 55.3 Å². The molecule has 0 aliphatic heterocycles. The van der Waals surface area contributed by atoms with Crippen LogP contribution in [-0.2, 0) is 9.59 Å². The minimum Gasteiger partial charge on any atom is -0.872 e. The third-order valence-electron chi connectivity index (χ3n) is 5.73. The number of ether oxygens (including phenoxy) is 1. The number of para-hydroxylation sites is 1. The van der Waals surface area contributed by atoms with Gasteiger partial charge in [0.05, 0.1) is 5.52 Å². The van der Waals surface area contributed by atoms with Crippen molar-refractivity contribution in [2.24, 2.45) is 5.41 Å². The monoisotopic (exact) mass is 495 g/mol. The molecule has 0 saturated heterocycles. The van der Waals surface area contributed by atoms with Gasteiger partial charge in [-0.3, -0.25) is 14.6 Å². The number of carbonyl (C=O) groups excluding carboxylic acids is 2. The molecule has 2 amide bonds. The summed E-state index contributed by atoms with van der Waals surface area (Å²) in [4.78, 5) is 29.7. The Kier molecular flexibility index (Phi) is 7.53. The summed E-state index contributed by atoms with van der Waals surface area (Å²) < 4.78 is 20.5. The van der Waals surface area contributed by atoms with E-state index in [4.69, 9.17) is 4.74 Å². The number of hydrogen-bond acceptors (Lipinski definition) is 5. The summed E-state index contributed by atoms with van der Waals surface area (Å²) in [5.41, 5.74) is 0.0916. The van der Waals surface area contributed by atoms with E-state index in [0.29, 0.717) is 35.2 Å². The van der Waals surface area contributed by atoms with Crippen molar-refractivity contribution in [3.8, 4) is 17.2 Å². The van der Waals surface area contributed by atoms with Gasteiger partial charge in [-0.2, -0.15) is 0 Å². The van der Waals surface area contributed by atoms with Crippen LogP contribution >= 0.6 is 0 Å². The summed E-state index contributed by atoms with van der Waals surface area (Å²) >= 11 is 0. The fourth-order valence-electron chi connectivity index (χ4n) is 3.68. The second-order valence-corrected chi connectivity index (χ2v) is 8.09. The summed E-state index contributed by atoms with van der Waals surface area (Å²) in [5.74, 6) is -1.46. The first-order chi connectivity index (χ1) is 16.4. The first-order valence-electron chi connectivity index (χ1n) is 10.7. The number of anilines is 2. The number of nitrogens with one attached hydrogen (secondary N) is 2. The van der Waals surface area contributed by atoms with E-state index in [1.807, 2.05) is 6.07 Å². The Bertz CT molecular complexity index is 1410. The van der Waals surface area contributed by atoms with Crippen LogP contribution in [0.15, 0.2) is 79.0 Å². The SMILES string of the molecule is O=C(Nc1ccccc1)C1(C(=O)Nc2ccc(Oc3ccnc4cc([O-])ccc34)c(F)c2)CC1.[K+]. The Morgan fingerprint density at radius 3 is 2.29 bits per heavy atom. The maximum atomic E-state index is 14.8. The molecule has 0 atom stereocenters. The van der Waals surface area contributed by atoms with Crippen LogP contribution in [0.1, 0.15) is 12.8 Å². The summed E-state index contributed by atoms with van der Waals surface area (Å²) in [6, 6.07) is 18.8. The Morgan fingerprint density at radius 2 is 1.60 bits per heavy atom. The van der Waals surface area contributed by atoms with Crippen LogP contribution in [0.2, 0.25) is 0 Å². The zero-order chi connectivity index (χ0) is 23.7. The molecule has 1 saturated carbocycles. The van der Waals surface area contributed by atoms with E-state index in [1.165, 1.54) is 30.5 Å². The predicted octanol–water partition coefficient (Wildman–Crippen LogP) is 1.60. The number of hydrogen-bond donors (Lipinski definition) is 2. The second kappa shape index (κ2) is 10.4. The van der Waals surface area contributed by atoms with E-state index in [0.717, 1.165) is 6.07 Å². The van der Waals surface area contributed by atoms with Gasteiger partial charge in [-0.25, -0.2) is 4.39 Å². The van der Waals surface area contributed by atoms with Crippen molar-refractivity contribution in [1.82, 2.24) is 4.98 Å². The minimum atomic E-state index is -1.17. The number of nitrogens with zero attached hydrogens (tertiary/aromatic N) is 1. The molecule has 0 bridgehead atoms. The molecular formula is C26H19FKN3O4. The smallest absolute Gasteiger partial charge is 0.872 e. The second-order valence-electron chi connectivity index (χ2n) is 8.09. The number of pyridine rings is 1. The molecule has 1 aromatic heterocycles. The molecule has 3 aromatic carbocycles. The van der Waals surface area contributed by atoms with E-state index >= 15 is 0 Å². The third kappa shape index (κ3) is 5.39. The van der Waals surface area contributed by atoms with Gasteiger partial charge in [0.1, 0.15) is 11.2 Å². The van der Waals surface area contributed by atoms with Gasteiger partial charge in [-0.15, -0.1) is 5.75 Å². The minimum absolute atomic E-state index is 0. The van der Waals surface area contributed by atoms with Crippen molar-refractivity contribution in [1.29, 1.82) is 0 Å². The molecule has 5 rings (SSSR count). The van der Waals surface area contributed by atoms with Crippen LogP contribution in [0.3, 0.4) is 0 Å². The van der Waals surface area contributed by atoms with E-state index in [1.54, 1.807) is 36.4 Å². The molecule has 4 aromatic rings. The molecule has 0 radical (unpaired) electrons. The standard InChI is InChI=1S/C26H20FN3O4.K/c27-20-14-17(30-25(33)26(11-12-26)24(32)29-16-4-2-1-3-5-16)6-9-23(20)34-22-10-13-28-21-15-18(31)7-8-19(21)22;/h1-10,13-15,31H,11-12H2,(H,29,32)(H,30,33);/q;+1/p-1. The molecule has 1 aliphatic carbocycles. The summed E-state index contributed by atoms with van der Waals surface area (Å²) in [6.45, 7) is 0. The van der Waals surface area contributed by atoms with Gasteiger partial charge in [0, 0.05) is 29.0 Å². The Morgan fingerprint density at radius 1 is 0.886 bits per heavy atom.